The van der Waals surface area contributed by atoms with Gasteiger partial charge in [0.15, 0.2) is 0 Å². The van der Waals surface area contributed by atoms with E-state index in [9.17, 15) is 0 Å². The van der Waals surface area contributed by atoms with Crippen molar-refractivity contribution in [3.63, 3.8) is 0 Å². The smallest absolute Gasteiger partial charge is 0.127 e. The van der Waals surface area contributed by atoms with Crippen molar-refractivity contribution in [2.75, 3.05) is 0 Å². The first-order valence-corrected chi connectivity index (χ1v) is 34.9. The second-order valence-corrected chi connectivity index (χ2v) is 29.0. The van der Waals surface area contributed by atoms with Crippen LogP contribution in [0, 0.1) is 65.1 Å². The summed E-state index contributed by atoms with van der Waals surface area (Å²) in [4.78, 5) is 0. The Balaban J connectivity index is 1.04. The molecule has 0 aromatic heterocycles. The summed E-state index contributed by atoms with van der Waals surface area (Å²) in [5, 5.41) is 0. The largest absolute Gasteiger partial charge is 0.457 e. The Bertz CT molecular complexity index is 4250. The van der Waals surface area contributed by atoms with E-state index in [1.165, 1.54) is 27.8 Å². The van der Waals surface area contributed by atoms with Gasteiger partial charge < -0.3 is 23.7 Å². The van der Waals surface area contributed by atoms with Crippen molar-refractivity contribution in [2.45, 2.75) is 96.3 Å². The molecule has 476 valence electrons. The molecule has 6 aliphatic carbocycles. The molecule has 3 saturated carbocycles. The lowest BCUT2D eigenvalue weighted by molar-refractivity contribution is -0.0728. The van der Waals surface area contributed by atoms with Gasteiger partial charge in [0.05, 0.1) is 0 Å². The topological polar surface area (TPSA) is 46.2 Å². The molecule has 10 aromatic carbocycles. The fourth-order valence-electron chi connectivity index (χ4n) is 21.9. The Morgan fingerprint density at radius 1 is 0.189 bits per heavy atom. The molecule has 0 bridgehead atoms. The molecule has 11 unspecified atom stereocenters. The van der Waals surface area contributed by atoms with Crippen LogP contribution in [-0.4, -0.2) is 0 Å². The van der Waals surface area contributed by atoms with E-state index in [0.717, 1.165) is 57.5 Å². The first kappa shape index (κ1) is 60.6. The summed E-state index contributed by atoms with van der Waals surface area (Å²) >= 11 is 0. The molecular formula is C90H86O5. The third kappa shape index (κ3) is 8.52. The van der Waals surface area contributed by atoms with Gasteiger partial charge in [-0.3, -0.25) is 0 Å². The highest BCUT2D eigenvalue weighted by Crippen LogP contribution is 2.86. The zero-order valence-electron chi connectivity index (χ0n) is 56.4. The molecule has 16 rings (SSSR count). The van der Waals surface area contributed by atoms with Gasteiger partial charge in [-0.1, -0.05) is 221 Å². The zero-order valence-corrected chi connectivity index (χ0v) is 56.4. The molecule has 0 heterocycles. The molecule has 16 atom stereocenters. The highest BCUT2D eigenvalue weighted by Gasteiger charge is 2.82. The average Bonchev–Trinajstić information content (AvgIpc) is 1.44. The van der Waals surface area contributed by atoms with Crippen molar-refractivity contribution >= 4 is 0 Å². The molecule has 0 aliphatic heterocycles. The monoisotopic (exact) mass is 1250 g/mol. The minimum atomic E-state index is -0.468. The van der Waals surface area contributed by atoms with E-state index in [4.69, 9.17) is 23.7 Å². The van der Waals surface area contributed by atoms with Crippen LogP contribution in [0.3, 0.4) is 0 Å². The number of hydrogen-bond donors (Lipinski definition) is 0. The quantitative estimate of drug-likeness (QED) is 0.102. The van der Waals surface area contributed by atoms with Crippen LogP contribution in [0.15, 0.2) is 295 Å². The van der Waals surface area contributed by atoms with Crippen molar-refractivity contribution in [3.8, 4) is 57.5 Å². The third-order valence-corrected chi connectivity index (χ3v) is 26.1. The first-order valence-electron chi connectivity index (χ1n) is 34.9. The van der Waals surface area contributed by atoms with E-state index in [1.807, 2.05) is 140 Å². The first-order chi connectivity index (χ1) is 46.2. The minimum absolute atomic E-state index is 0.0335. The van der Waals surface area contributed by atoms with Gasteiger partial charge in [-0.05, 0) is 231 Å². The lowest BCUT2D eigenvalue weighted by Gasteiger charge is -2.72. The van der Waals surface area contributed by atoms with Crippen LogP contribution in [-0.2, 0) is 27.1 Å². The molecular weight excluding hydrogens is 1160 g/mol. The number of ether oxygens (including phenoxy) is 5. The SMILES string of the molecule is CC1[C@@H](C)C2(c3ccc(Oc4ccccc4)cc3)C3C4=C5C6=C3C(c3ccc(Oc7ccccc7)cc3)(C(C)C2C)[C@@H](C)C(C)C6(c2ccc(Oc3ccccc3)cc2)[C@@H](C)C(C)C5(c2ccc(Oc3ccccc3)cc2)[C@@H](C)[C@@H](C)C41c1ccc(Oc2ccccc2)cc1. The number of para-hydroxylation sites is 5. The molecule has 0 saturated heterocycles. The predicted molar refractivity (Wildman–Crippen MR) is 382 cm³/mol. The Morgan fingerprint density at radius 2 is 0.368 bits per heavy atom. The van der Waals surface area contributed by atoms with Crippen LogP contribution in [0.1, 0.15) is 97.1 Å². The van der Waals surface area contributed by atoms with Gasteiger partial charge in [0.1, 0.15) is 57.5 Å². The Kier molecular flexibility index (Phi) is 14.7. The van der Waals surface area contributed by atoms with Gasteiger partial charge in [-0.15, -0.1) is 0 Å². The Hall–Kier alpha value is -9.32. The number of benzene rings is 10. The van der Waals surface area contributed by atoms with Gasteiger partial charge in [0.25, 0.3) is 0 Å². The van der Waals surface area contributed by atoms with Crippen LogP contribution in [0.2, 0.25) is 0 Å². The van der Waals surface area contributed by atoms with E-state index in [-0.39, 0.29) is 65.1 Å². The van der Waals surface area contributed by atoms with Gasteiger partial charge in [0, 0.05) is 33.0 Å². The van der Waals surface area contributed by atoms with E-state index in [1.54, 1.807) is 22.3 Å². The summed E-state index contributed by atoms with van der Waals surface area (Å²) in [7, 11) is 0. The predicted octanol–water partition coefficient (Wildman–Crippen LogP) is 23.3. The second-order valence-electron chi connectivity index (χ2n) is 29.0. The summed E-state index contributed by atoms with van der Waals surface area (Å²) in [6.45, 7) is 26.7. The molecule has 95 heavy (non-hydrogen) atoms. The van der Waals surface area contributed by atoms with Crippen molar-refractivity contribution in [2.24, 2.45) is 65.1 Å². The summed E-state index contributed by atoms with van der Waals surface area (Å²) < 4.78 is 33.6. The maximum Gasteiger partial charge on any atom is 0.127 e. The van der Waals surface area contributed by atoms with Crippen LogP contribution >= 0.6 is 0 Å². The van der Waals surface area contributed by atoms with Crippen molar-refractivity contribution in [3.05, 3.63) is 323 Å². The summed E-state index contributed by atoms with van der Waals surface area (Å²) in [5.74, 6) is 9.89. The van der Waals surface area contributed by atoms with Gasteiger partial charge in [0.2, 0.25) is 0 Å². The van der Waals surface area contributed by atoms with Crippen LogP contribution in [0.25, 0.3) is 0 Å². The maximum absolute atomic E-state index is 6.73. The van der Waals surface area contributed by atoms with E-state index >= 15 is 0 Å². The summed E-state index contributed by atoms with van der Waals surface area (Å²) in [5.41, 5.74) is 11.1. The third-order valence-electron chi connectivity index (χ3n) is 26.1. The molecule has 10 aromatic rings. The van der Waals surface area contributed by atoms with Crippen LogP contribution in [0.4, 0.5) is 0 Å². The molecule has 0 N–H and O–H groups in total. The standard InChI is InChI=1S/C90H86O5/c1-56-57(2)87(67-38-48-77(49-39-67)92-72-28-18-12-19-29-72)60(5)61(6)89(69-42-52-79(53-43-69)94-74-32-22-14-23-33-74)64(9)65(10)90(70-44-54-80(55-45-70)95-75-34-24-15-25-35-75)63(8)62(7)88(68-40-50-78(51-41-68)93-73-30-20-13-21-31-73)59(4)58(3)86(56,81-82(87)84(89)85(90)83(81)88)66-36-46-76(47-37-66)91-71-26-16-11-17-27-71/h11-65,81H,1-10H3/t56-,57?,58?,59?,60-,61+,62+,63?,64?,65+,81?,86?,87?,88?,89?,90?/m1/s1. The lowest BCUT2D eigenvalue weighted by atomic mass is 9.30. The fourth-order valence-corrected chi connectivity index (χ4v) is 21.9. The maximum atomic E-state index is 6.73. The molecule has 0 radical (unpaired) electrons. The van der Waals surface area contributed by atoms with Gasteiger partial charge in [-0.2, -0.15) is 0 Å². The number of hydrogen-bond acceptors (Lipinski definition) is 5. The van der Waals surface area contributed by atoms with Crippen molar-refractivity contribution in [1.82, 2.24) is 0 Å². The fraction of sp³-hybridized carbons (Fsp3) is 0.289. The summed E-state index contributed by atoms with van der Waals surface area (Å²) in [6, 6.07) is 98.7. The van der Waals surface area contributed by atoms with Crippen LogP contribution < -0.4 is 23.7 Å². The van der Waals surface area contributed by atoms with Crippen molar-refractivity contribution in [1.29, 1.82) is 0 Å². The second kappa shape index (κ2) is 23.0. The number of rotatable bonds is 15. The molecule has 3 fully saturated rings. The Labute approximate surface area is 562 Å². The summed E-state index contributed by atoms with van der Waals surface area (Å²) in [6.07, 6.45) is 0. The van der Waals surface area contributed by atoms with Gasteiger partial charge in [-0.25, -0.2) is 0 Å². The van der Waals surface area contributed by atoms with E-state index in [0.29, 0.717) is 0 Å². The Morgan fingerprint density at radius 3 is 0.600 bits per heavy atom. The minimum Gasteiger partial charge on any atom is -0.457 e. The highest BCUT2D eigenvalue weighted by atomic mass is 16.5. The highest BCUT2D eigenvalue weighted by molar-refractivity contribution is 5.78. The van der Waals surface area contributed by atoms with E-state index in [2.05, 4.69) is 203 Å². The molecule has 0 amide bonds. The molecule has 0 spiro atoms. The normalized spacial score (nSPS) is 31.5. The van der Waals surface area contributed by atoms with Crippen molar-refractivity contribution < 1.29 is 23.7 Å². The average molecular weight is 1250 g/mol. The van der Waals surface area contributed by atoms with E-state index < -0.39 is 27.1 Å². The number of allylic oxidation sites excluding steroid dienone is 4. The lowest BCUT2D eigenvalue weighted by Crippen LogP contribution is -2.70. The zero-order chi connectivity index (χ0) is 65.2. The van der Waals surface area contributed by atoms with Gasteiger partial charge >= 0.3 is 0 Å². The molecule has 6 aliphatic rings. The molecule has 5 heteroatoms. The van der Waals surface area contributed by atoms with Crippen LogP contribution in [0.5, 0.6) is 57.5 Å². The molecule has 5 nitrogen and oxygen atoms in total.